The van der Waals surface area contributed by atoms with Gasteiger partial charge in [-0.05, 0) is 30.3 Å². The van der Waals surface area contributed by atoms with E-state index in [4.69, 9.17) is 10.00 Å². The molecule has 0 amide bonds. The van der Waals surface area contributed by atoms with Gasteiger partial charge in [0.1, 0.15) is 23.5 Å². The molecule has 0 aliphatic rings. The van der Waals surface area contributed by atoms with Gasteiger partial charge < -0.3 is 10.1 Å². The maximum Gasteiger partial charge on any atom is 0.128 e. The summed E-state index contributed by atoms with van der Waals surface area (Å²) in [6.45, 7) is 0.0748. The molecule has 102 valence electrons. The smallest absolute Gasteiger partial charge is 0.128 e. The van der Waals surface area contributed by atoms with Crippen LogP contribution in [0.4, 0.5) is 14.5 Å². The van der Waals surface area contributed by atoms with Crippen molar-refractivity contribution in [2.24, 2.45) is 0 Å². The standard InChI is InChI=1S/C15H12F2N2O/c1-20-13-4-2-10(8-18)15(7-13)19-9-11-6-12(16)3-5-14(11)17/h2-7,19H,9H2,1H3. The number of anilines is 1. The van der Waals surface area contributed by atoms with Crippen molar-refractivity contribution in [1.29, 1.82) is 5.26 Å². The van der Waals surface area contributed by atoms with Crippen molar-refractivity contribution in [3.63, 3.8) is 0 Å². The molecule has 0 heterocycles. The average Bonchev–Trinajstić information content (AvgIpc) is 2.47. The third kappa shape index (κ3) is 3.04. The first-order valence-electron chi connectivity index (χ1n) is 5.90. The quantitative estimate of drug-likeness (QED) is 0.928. The monoisotopic (exact) mass is 274 g/mol. The van der Waals surface area contributed by atoms with Crippen LogP contribution in [0.3, 0.4) is 0 Å². The number of benzene rings is 2. The lowest BCUT2D eigenvalue weighted by atomic mass is 10.1. The molecule has 2 aromatic rings. The third-order valence-corrected chi connectivity index (χ3v) is 2.82. The summed E-state index contributed by atoms with van der Waals surface area (Å²) in [4.78, 5) is 0. The van der Waals surface area contributed by atoms with Crippen LogP contribution in [-0.2, 0) is 6.54 Å². The number of halogens is 2. The summed E-state index contributed by atoms with van der Waals surface area (Å²) in [7, 11) is 1.51. The Kier molecular flexibility index (Phi) is 4.16. The lowest BCUT2D eigenvalue weighted by Gasteiger charge is -2.10. The third-order valence-electron chi connectivity index (χ3n) is 2.82. The van der Waals surface area contributed by atoms with Crippen LogP contribution in [0.5, 0.6) is 5.75 Å². The number of ether oxygens (including phenoxy) is 1. The molecule has 0 aliphatic heterocycles. The van der Waals surface area contributed by atoms with Crippen LogP contribution in [0.2, 0.25) is 0 Å². The van der Waals surface area contributed by atoms with Crippen molar-refractivity contribution in [2.45, 2.75) is 6.54 Å². The number of methoxy groups -OCH3 is 1. The number of nitrogens with zero attached hydrogens (tertiary/aromatic N) is 1. The summed E-state index contributed by atoms with van der Waals surface area (Å²) in [5.41, 5.74) is 1.11. The molecule has 2 aromatic carbocycles. The molecule has 1 N–H and O–H groups in total. The number of rotatable bonds is 4. The summed E-state index contributed by atoms with van der Waals surface area (Å²) in [6, 6.07) is 10.2. The second kappa shape index (κ2) is 6.02. The first-order chi connectivity index (χ1) is 9.63. The Morgan fingerprint density at radius 1 is 1.20 bits per heavy atom. The Labute approximate surface area is 115 Å². The largest absolute Gasteiger partial charge is 0.497 e. The van der Waals surface area contributed by atoms with Gasteiger partial charge in [0.15, 0.2) is 0 Å². The van der Waals surface area contributed by atoms with Crippen LogP contribution in [0.15, 0.2) is 36.4 Å². The van der Waals surface area contributed by atoms with Crippen LogP contribution in [-0.4, -0.2) is 7.11 Å². The molecule has 0 fully saturated rings. The van der Waals surface area contributed by atoms with E-state index in [1.54, 1.807) is 18.2 Å². The minimum atomic E-state index is -0.505. The predicted molar refractivity (Wildman–Crippen MR) is 71.4 cm³/mol. The highest BCUT2D eigenvalue weighted by Gasteiger charge is 2.07. The van der Waals surface area contributed by atoms with Crippen molar-refractivity contribution < 1.29 is 13.5 Å². The summed E-state index contributed by atoms with van der Waals surface area (Å²) in [6.07, 6.45) is 0. The minimum absolute atomic E-state index is 0.0748. The molecule has 0 radical (unpaired) electrons. The molecular formula is C15H12F2N2O. The number of nitrogens with one attached hydrogen (secondary N) is 1. The molecule has 0 atom stereocenters. The van der Waals surface area contributed by atoms with Gasteiger partial charge in [-0.2, -0.15) is 5.26 Å². The lowest BCUT2D eigenvalue weighted by molar-refractivity contribution is 0.415. The Morgan fingerprint density at radius 2 is 2.00 bits per heavy atom. The van der Waals surface area contributed by atoms with Gasteiger partial charge in [0, 0.05) is 18.2 Å². The molecule has 0 aliphatic carbocycles. The van der Waals surface area contributed by atoms with E-state index in [1.165, 1.54) is 7.11 Å². The first-order valence-corrected chi connectivity index (χ1v) is 5.90. The summed E-state index contributed by atoms with van der Waals surface area (Å²) >= 11 is 0. The molecule has 0 unspecified atom stereocenters. The topological polar surface area (TPSA) is 45.0 Å². The zero-order valence-corrected chi connectivity index (χ0v) is 10.8. The summed E-state index contributed by atoms with van der Waals surface area (Å²) < 4.78 is 31.6. The molecule has 0 aromatic heterocycles. The fourth-order valence-corrected chi connectivity index (χ4v) is 1.76. The highest BCUT2D eigenvalue weighted by Crippen LogP contribution is 2.23. The molecule has 20 heavy (non-hydrogen) atoms. The molecule has 0 spiro atoms. The first kappa shape index (κ1) is 13.8. The summed E-state index contributed by atoms with van der Waals surface area (Å²) in [5, 5.41) is 11.9. The van der Waals surface area contributed by atoms with E-state index in [2.05, 4.69) is 5.32 Å². The van der Waals surface area contributed by atoms with Crippen molar-refractivity contribution in [3.8, 4) is 11.8 Å². The average molecular weight is 274 g/mol. The van der Waals surface area contributed by atoms with E-state index >= 15 is 0 Å². The Balaban J connectivity index is 2.22. The molecule has 2 rings (SSSR count). The van der Waals surface area contributed by atoms with Gasteiger partial charge in [0.2, 0.25) is 0 Å². The SMILES string of the molecule is COc1ccc(C#N)c(NCc2cc(F)ccc2F)c1. The number of hydrogen-bond acceptors (Lipinski definition) is 3. The van der Waals surface area contributed by atoms with Crippen molar-refractivity contribution in [2.75, 3.05) is 12.4 Å². The maximum atomic E-state index is 13.5. The van der Waals surface area contributed by atoms with Crippen molar-refractivity contribution in [1.82, 2.24) is 0 Å². The molecule has 3 nitrogen and oxygen atoms in total. The lowest BCUT2D eigenvalue weighted by Crippen LogP contribution is -2.04. The van der Waals surface area contributed by atoms with Gasteiger partial charge in [-0.25, -0.2) is 8.78 Å². The van der Waals surface area contributed by atoms with E-state index < -0.39 is 11.6 Å². The van der Waals surface area contributed by atoms with Crippen molar-refractivity contribution in [3.05, 3.63) is 59.2 Å². The van der Waals surface area contributed by atoms with Gasteiger partial charge in [-0.15, -0.1) is 0 Å². The fraction of sp³-hybridized carbons (Fsp3) is 0.133. The van der Waals surface area contributed by atoms with E-state index in [0.29, 0.717) is 17.0 Å². The highest BCUT2D eigenvalue weighted by atomic mass is 19.1. The second-order valence-corrected chi connectivity index (χ2v) is 4.11. The van der Waals surface area contributed by atoms with Crippen molar-refractivity contribution >= 4 is 5.69 Å². The van der Waals surface area contributed by atoms with Gasteiger partial charge in [-0.3, -0.25) is 0 Å². The molecule has 5 heteroatoms. The predicted octanol–water partition coefficient (Wildman–Crippen LogP) is 3.46. The van der Waals surface area contributed by atoms with E-state index in [0.717, 1.165) is 18.2 Å². The molecule has 0 saturated carbocycles. The Bertz CT molecular complexity index is 665. The van der Waals surface area contributed by atoms with Gasteiger partial charge in [0.25, 0.3) is 0 Å². The van der Waals surface area contributed by atoms with Crippen LogP contribution in [0.25, 0.3) is 0 Å². The zero-order valence-electron chi connectivity index (χ0n) is 10.8. The van der Waals surface area contributed by atoms with E-state index in [9.17, 15) is 8.78 Å². The van der Waals surface area contributed by atoms with E-state index in [-0.39, 0.29) is 12.1 Å². The Hall–Kier alpha value is -2.61. The molecule has 0 saturated heterocycles. The molecular weight excluding hydrogens is 262 g/mol. The Morgan fingerprint density at radius 3 is 2.70 bits per heavy atom. The molecule has 0 bridgehead atoms. The van der Waals surface area contributed by atoms with Crippen LogP contribution in [0, 0.1) is 23.0 Å². The normalized spacial score (nSPS) is 9.90. The van der Waals surface area contributed by atoms with Gasteiger partial charge >= 0.3 is 0 Å². The van der Waals surface area contributed by atoms with Crippen LogP contribution >= 0.6 is 0 Å². The number of nitriles is 1. The zero-order chi connectivity index (χ0) is 14.5. The van der Waals surface area contributed by atoms with Gasteiger partial charge in [-0.1, -0.05) is 0 Å². The van der Waals surface area contributed by atoms with E-state index in [1.807, 2.05) is 6.07 Å². The van der Waals surface area contributed by atoms with Crippen LogP contribution < -0.4 is 10.1 Å². The highest BCUT2D eigenvalue weighted by molar-refractivity contribution is 5.60. The maximum absolute atomic E-state index is 13.5. The van der Waals surface area contributed by atoms with Crippen LogP contribution in [0.1, 0.15) is 11.1 Å². The second-order valence-electron chi connectivity index (χ2n) is 4.11. The number of hydrogen-bond donors (Lipinski definition) is 1. The summed E-state index contributed by atoms with van der Waals surface area (Å²) in [5.74, 6) is -0.430. The fourth-order valence-electron chi connectivity index (χ4n) is 1.76. The van der Waals surface area contributed by atoms with Gasteiger partial charge in [0.05, 0.1) is 18.4 Å². The minimum Gasteiger partial charge on any atom is -0.497 e.